The highest BCUT2D eigenvalue weighted by Gasteiger charge is 2.37. The van der Waals surface area contributed by atoms with Crippen LogP contribution < -0.4 is 19.7 Å². The molecule has 1 aliphatic heterocycles. The van der Waals surface area contributed by atoms with Gasteiger partial charge in [0.1, 0.15) is 18.0 Å². The van der Waals surface area contributed by atoms with Gasteiger partial charge in [-0.3, -0.25) is 14.9 Å². The molecule has 7 nitrogen and oxygen atoms in total. The van der Waals surface area contributed by atoms with Gasteiger partial charge in [0.15, 0.2) is 11.5 Å². The number of halogens is 2. The van der Waals surface area contributed by atoms with E-state index in [1.807, 2.05) is 6.92 Å². The Labute approximate surface area is 221 Å². The first-order valence-electron chi connectivity index (χ1n) is 11.1. The van der Waals surface area contributed by atoms with Gasteiger partial charge in [-0.2, -0.15) is 0 Å². The molecule has 1 aliphatic rings. The van der Waals surface area contributed by atoms with Crippen molar-refractivity contribution in [1.82, 2.24) is 5.32 Å². The van der Waals surface area contributed by atoms with Crippen molar-refractivity contribution in [1.29, 1.82) is 0 Å². The van der Waals surface area contributed by atoms with Gasteiger partial charge >= 0.3 is 6.03 Å². The number of anilines is 1. The van der Waals surface area contributed by atoms with E-state index < -0.39 is 17.8 Å². The summed E-state index contributed by atoms with van der Waals surface area (Å²) in [7, 11) is 0. The molecule has 0 aromatic heterocycles. The topological polar surface area (TPSA) is 84.9 Å². The first-order valence-corrected chi connectivity index (χ1v) is 12.2. The molecule has 36 heavy (non-hydrogen) atoms. The van der Waals surface area contributed by atoms with Crippen LogP contribution in [-0.2, 0) is 16.2 Å². The van der Waals surface area contributed by atoms with Crippen molar-refractivity contribution >= 4 is 52.2 Å². The summed E-state index contributed by atoms with van der Waals surface area (Å²) in [6.45, 7) is 4.07. The first-order chi connectivity index (χ1) is 17.3. The number of urea groups is 1. The molecule has 0 spiro atoms. The van der Waals surface area contributed by atoms with Gasteiger partial charge in [0.05, 0.1) is 15.9 Å². The average Bonchev–Trinajstić information content (AvgIpc) is 2.82. The van der Waals surface area contributed by atoms with Gasteiger partial charge in [0.2, 0.25) is 0 Å². The number of hydrogen-bond acceptors (Lipinski definition) is 5. The molecule has 0 bridgehead atoms. The lowest BCUT2D eigenvalue weighted by Crippen LogP contribution is -2.54. The van der Waals surface area contributed by atoms with E-state index in [1.165, 1.54) is 18.2 Å². The SMILES string of the molecule is CCOc1cc(/C=C2\C(=O)NC(=O)N(c3ccccc3C)C2=O)cc(I)c1OCc1cccc(F)c1. The lowest BCUT2D eigenvalue weighted by molar-refractivity contribution is -0.122. The number of nitrogens with one attached hydrogen (secondary N) is 1. The zero-order valence-electron chi connectivity index (χ0n) is 19.5. The highest BCUT2D eigenvalue weighted by molar-refractivity contribution is 14.1. The van der Waals surface area contributed by atoms with Gasteiger partial charge in [0, 0.05) is 0 Å². The minimum atomic E-state index is -0.804. The van der Waals surface area contributed by atoms with Crippen LogP contribution in [0.5, 0.6) is 11.5 Å². The van der Waals surface area contributed by atoms with Crippen LogP contribution in [0.4, 0.5) is 14.9 Å². The summed E-state index contributed by atoms with van der Waals surface area (Å²) >= 11 is 2.07. The van der Waals surface area contributed by atoms with Gasteiger partial charge in [-0.1, -0.05) is 30.3 Å². The zero-order valence-corrected chi connectivity index (χ0v) is 21.7. The van der Waals surface area contributed by atoms with Crippen molar-refractivity contribution in [2.45, 2.75) is 20.5 Å². The molecule has 0 saturated carbocycles. The van der Waals surface area contributed by atoms with Gasteiger partial charge < -0.3 is 9.47 Å². The fourth-order valence-electron chi connectivity index (χ4n) is 3.71. The summed E-state index contributed by atoms with van der Waals surface area (Å²) in [5.41, 5.74) is 2.08. The van der Waals surface area contributed by atoms with Crippen molar-refractivity contribution in [3.8, 4) is 11.5 Å². The van der Waals surface area contributed by atoms with Crippen molar-refractivity contribution in [2.75, 3.05) is 11.5 Å². The predicted octanol–water partition coefficient (Wildman–Crippen LogP) is 5.38. The van der Waals surface area contributed by atoms with Crippen LogP contribution in [0.2, 0.25) is 0 Å². The molecule has 4 rings (SSSR count). The fourth-order valence-corrected chi connectivity index (χ4v) is 4.49. The molecule has 1 fully saturated rings. The molecule has 4 amide bonds. The minimum Gasteiger partial charge on any atom is -0.490 e. The molecule has 1 N–H and O–H groups in total. The van der Waals surface area contributed by atoms with E-state index in [0.717, 1.165) is 4.90 Å². The number of aryl methyl sites for hydroxylation is 1. The normalized spacial score (nSPS) is 14.7. The third kappa shape index (κ3) is 5.40. The summed E-state index contributed by atoms with van der Waals surface area (Å²) < 4.78 is 25.9. The first kappa shape index (κ1) is 25.4. The number of nitrogens with zero attached hydrogens (tertiary/aromatic N) is 1. The number of rotatable bonds is 7. The molecule has 184 valence electrons. The second kappa shape index (κ2) is 10.9. The van der Waals surface area contributed by atoms with E-state index in [1.54, 1.807) is 55.5 Å². The maximum atomic E-state index is 13.5. The Kier molecular flexibility index (Phi) is 7.68. The molecule has 0 atom stereocenters. The van der Waals surface area contributed by atoms with Gasteiger partial charge in [0.25, 0.3) is 11.8 Å². The lowest BCUT2D eigenvalue weighted by atomic mass is 10.1. The Morgan fingerprint density at radius 3 is 2.53 bits per heavy atom. The van der Waals surface area contributed by atoms with Crippen LogP contribution in [0.1, 0.15) is 23.6 Å². The highest BCUT2D eigenvalue weighted by atomic mass is 127. The molecule has 3 aromatic rings. The number of barbiturate groups is 1. The number of benzene rings is 3. The molecule has 3 aromatic carbocycles. The molecule has 9 heteroatoms. The van der Waals surface area contributed by atoms with E-state index in [4.69, 9.17) is 9.47 Å². The second-order valence-electron chi connectivity index (χ2n) is 7.93. The van der Waals surface area contributed by atoms with E-state index in [-0.39, 0.29) is 18.0 Å². The van der Waals surface area contributed by atoms with Crippen molar-refractivity contribution in [2.24, 2.45) is 0 Å². The molecule has 0 radical (unpaired) electrons. The van der Waals surface area contributed by atoms with E-state index in [9.17, 15) is 18.8 Å². The van der Waals surface area contributed by atoms with Gasteiger partial charge in [-0.25, -0.2) is 14.1 Å². The standard InChI is InChI=1S/C27H22FIN2O5/c1-3-35-23-14-18(13-21(29)24(23)36-15-17-8-6-9-19(28)11-17)12-20-25(32)30-27(34)31(26(20)33)22-10-5-4-7-16(22)2/h4-14H,3,15H2,1-2H3,(H,30,32,34)/b20-12+. The number of carbonyl (C=O) groups is 3. The monoisotopic (exact) mass is 600 g/mol. The quantitative estimate of drug-likeness (QED) is 0.224. The summed E-state index contributed by atoms with van der Waals surface area (Å²) in [5, 5.41) is 2.24. The van der Waals surface area contributed by atoms with Crippen molar-refractivity contribution in [3.05, 3.63) is 92.3 Å². The van der Waals surface area contributed by atoms with E-state index >= 15 is 0 Å². The van der Waals surface area contributed by atoms with Crippen LogP contribution in [0.25, 0.3) is 6.08 Å². The van der Waals surface area contributed by atoms with E-state index in [2.05, 4.69) is 27.9 Å². The molecule has 0 unspecified atom stereocenters. The highest BCUT2D eigenvalue weighted by Crippen LogP contribution is 2.36. The Morgan fingerprint density at radius 1 is 1.03 bits per heavy atom. The molecular formula is C27H22FIN2O5. The Bertz CT molecular complexity index is 1390. The van der Waals surface area contributed by atoms with E-state index in [0.29, 0.717) is 44.1 Å². The van der Waals surface area contributed by atoms with Gasteiger partial charge in [-0.15, -0.1) is 0 Å². The Hall–Kier alpha value is -3.73. The number of hydrogen-bond donors (Lipinski definition) is 1. The number of imide groups is 2. The minimum absolute atomic E-state index is 0.128. The maximum absolute atomic E-state index is 13.5. The average molecular weight is 600 g/mol. The van der Waals surface area contributed by atoms with Crippen LogP contribution in [0.15, 0.2) is 66.2 Å². The summed E-state index contributed by atoms with van der Waals surface area (Å²) in [5.74, 6) is -0.999. The summed E-state index contributed by atoms with van der Waals surface area (Å²) in [6, 6.07) is 15.6. The van der Waals surface area contributed by atoms with Gasteiger partial charge in [-0.05, 0) is 89.5 Å². The molecule has 1 saturated heterocycles. The molecule has 1 heterocycles. The lowest BCUT2D eigenvalue weighted by Gasteiger charge is -2.27. The largest absolute Gasteiger partial charge is 0.490 e. The summed E-state index contributed by atoms with van der Waals surface area (Å²) in [4.78, 5) is 39.3. The Morgan fingerprint density at radius 2 is 1.81 bits per heavy atom. The van der Waals surface area contributed by atoms with Crippen LogP contribution in [0.3, 0.4) is 0 Å². The van der Waals surface area contributed by atoms with Crippen LogP contribution >= 0.6 is 22.6 Å². The fraction of sp³-hybridized carbons (Fsp3) is 0.148. The third-order valence-electron chi connectivity index (χ3n) is 5.37. The number of ether oxygens (including phenoxy) is 2. The van der Waals surface area contributed by atoms with Crippen LogP contribution in [0, 0.1) is 16.3 Å². The number of carbonyl (C=O) groups excluding carboxylic acids is 3. The third-order valence-corrected chi connectivity index (χ3v) is 6.17. The van der Waals surface area contributed by atoms with Crippen molar-refractivity contribution in [3.63, 3.8) is 0 Å². The number of amides is 4. The smallest absolute Gasteiger partial charge is 0.335 e. The second-order valence-corrected chi connectivity index (χ2v) is 9.09. The van der Waals surface area contributed by atoms with Crippen molar-refractivity contribution < 1.29 is 28.2 Å². The maximum Gasteiger partial charge on any atom is 0.335 e. The summed E-state index contributed by atoms with van der Waals surface area (Å²) in [6.07, 6.45) is 1.41. The zero-order chi connectivity index (χ0) is 25.8. The Balaban J connectivity index is 1.67. The molecular weight excluding hydrogens is 578 g/mol. The number of para-hydroxylation sites is 1. The molecule has 0 aliphatic carbocycles. The van der Waals surface area contributed by atoms with Crippen LogP contribution in [-0.4, -0.2) is 24.5 Å². The predicted molar refractivity (Wildman–Crippen MR) is 141 cm³/mol.